The number of rotatable bonds is 1. The van der Waals surface area contributed by atoms with Crippen LogP contribution in [0, 0.1) is 0 Å². The topological polar surface area (TPSA) is 38.0 Å². The minimum absolute atomic E-state index is 0.713. The summed E-state index contributed by atoms with van der Waals surface area (Å²) in [5.41, 5.74) is 4.03. The van der Waals surface area contributed by atoms with Crippen LogP contribution in [0.15, 0.2) is 24.3 Å². The van der Waals surface area contributed by atoms with E-state index in [2.05, 4.69) is 5.43 Å². The first kappa shape index (κ1) is 6.17. The third-order valence-corrected chi connectivity index (χ3v) is 1.05. The van der Waals surface area contributed by atoms with Crippen molar-refractivity contribution in [1.29, 1.82) is 0 Å². The van der Waals surface area contributed by atoms with E-state index in [-0.39, 0.29) is 0 Å². The third-order valence-electron chi connectivity index (χ3n) is 1.05. The first-order chi connectivity index (χ1) is 4.33. The summed E-state index contributed by atoms with van der Waals surface area (Å²) in [6.07, 6.45) is 0. The number of nitrogens with two attached hydrogens (primary N) is 1. The molecule has 0 amide bonds. The summed E-state index contributed by atoms with van der Waals surface area (Å²) in [4.78, 5) is 0. The highest BCUT2D eigenvalue weighted by Crippen LogP contribution is 1.98. The Labute approximate surface area is 55.4 Å². The normalized spacial score (nSPS) is 9.00. The van der Waals surface area contributed by atoms with Gasteiger partial charge < -0.3 is 5.43 Å². The lowest BCUT2D eigenvalue weighted by Crippen LogP contribution is -2.10. The highest BCUT2D eigenvalue weighted by atomic mass is 15.2. The van der Waals surface area contributed by atoms with E-state index in [0.29, 0.717) is 5.46 Å². The zero-order valence-corrected chi connectivity index (χ0v) is 4.96. The van der Waals surface area contributed by atoms with Crippen molar-refractivity contribution in [3.8, 4) is 0 Å². The number of hydrazine groups is 1. The largest absolute Gasteiger partial charge is 0.324 e. The van der Waals surface area contributed by atoms with E-state index >= 15 is 0 Å². The summed E-state index contributed by atoms with van der Waals surface area (Å²) in [7, 11) is 5.44. The van der Waals surface area contributed by atoms with Gasteiger partial charge in [-0.05, 0) is 12.1 Å². The van der Waals surface area contributed by atoms with Crippen LogP contribution < -0.4 is 16.7 Å². The molecule has 0 aliphatic carbocycles. The van der Waals surface area contributed by atoms with Crippen molar-refractivity contribution in [2.24, 2.45) is 5.84 Å². The molecular weight excluding hydrogens is 111 g/mol. The second-order valence-corrected chi connectivity index (χ2v) is 1.77. The van der Waals surface area contributed by atoms with Crippen LogP contribution in [-0.2, 0) is 0 Å². The molecule has 2 nitrogen and oxygen atoms in total. The molecule has 0 saturated carbocycles. The van der Waals surface area contributed by atoms with Gasteiger partial charge in [-0.1, -0.05) is 17.6 Å². The van der Waals surface area contributed by atoms with Crippen LogP contribution in [0.3, 0.4) is 0 Å². The molecule has 1 rings (SSSR count). The molecule has 0 spiro atoms. The molecule has 0 unspecified atom stereocenters. The SMILES string of the molecule is [B]c1cccc(NN)c1. The second-order valence-electron chi connectivity index (χ2n) is 1.77. The van der Waals surface area contributed by atoms with Gasteiger partial charge in [-0.15, -0.1) is 0 Å². The Morgan fingerprint density at radius 2 is 2.22 bits per heavy atom. The number of hydrogen-bond acceptors (Lipinski definition) is 2. The average molecular weight is 118 g/mol. The molecule has 0 aliphatic heterocycles. The fourth-order valence-corrected chi connectivity index (χ4v) is 0.628. The van der Waals surface area contributed by atoms with Crippen LogP contribution in [0.4, 0.5) is 5.69 Å². The minimum Gasteiger partial charge on any atom is -0.324 e. The maximum absolute atomic E-state index is 5.44. The number of anilines is 1. The molecule has 3 heteroatoms. The number of benzene rings is 1. The van der Waals surface area contributed by atoms with Crippen molar-refractivity contribution in [3.05, 3.63) is 24.3 Å². The number of hydrogen-bond donors (Lipinski definition) is 2. The van der Waals surface area contributed by atoms with Crippen LogP contribution in [0.1, 0.15) is 0 Å². The summed E-state index contributed by atoms with van der Waals surface area (Å²) >= 11 is 0. The molecule has 1 aromatic carbocycles. The third kappa shape index (κ3) is 1.47. The molecule has 0 aromatic heterocycles. The van der Waals surface area contributed by atoms with Crippen molar-refractivity contribution in [2.45, 2.75) is 0 Å². The van der Waals surface area contributed by atoms with Crippen molar-refractivity contribution in [2.75, 3.05) is 5.43 Å². The Balaban J connectivity index is 2.94. The van der Waals surface area contributed by atoms with Crippen LogP contribution in [0.2, 0.25) is 0 Å². The monoisotopic (exact) mass is 118 g/mol. The van der Waals surface area contributed by atoms with Gasteiger partial charge in [0.15, 0.2) is 0 Å². The molecule has 0 bridgehead atoms. The van der Waals surface area contributed by atoms with Crippen molar-refractivity contribution < 1.29 is 0 Å². The van der Waals surface area contributed by atoms with Crippen molar-refractivity contribution in [3.63, 3.8) is 0 Å². The van der Waals surface area contributed by atoms with E-state index in [9.17, 15) is 0 Å². The van der Waals surface area contributed by atoms with E-state index in [1.807, 2.05) is 12.1 Å². The zero-order chi connectivity index (χ0) is 6.69. The van der Waals surface area contributed by atoms with Gasteiger partial charge in [0.1, 0.15) is 7.85 Å². The van der Waals surface area contributed by atoms with E-state index in [1.54, 1.807) is 12.1 Å². The highest BCUT2D eigenvalue weighted by Gasteiger charge is 1.84. The van der Waals surface area contributed by atoms with E-state index in [4.69, 9.17) is 13.7 Å². The summed E-state index contributed by atoms with van der Waals surface area (Å²) in [6.45, 7) is 0. The Morgan fingerprint density at radius 3 is 2.67 bits per heavy atom. The molecular formula is C6H7BN2. The molecule has 9 heavy (non-hydrogen) atoms. The van der Waals surface area contributed by atoms with Crippen molar-refractivity contribution >= 4 is 19.0 Å². The van der Waals surface area contributed by atoms with Gasteiger partial charge in [-0.3, -0.25) is 5.84 Å². The molecule has 0 aliphatic rings. The van der Waals surface area contributed by atoms with Gasteiger partial charge in [0.25, 0.3) is 0 Å². The maximum atomic E-state index is 5.44. The molecule has 44 valence electrons. The molecule has 0 fully saturated rings. The van der Waals surface area contributed by atoms with E-state index in [1.165, 1.54) is 0 Å². The van der Waals surface area contributed by atoms with Crippen molar-refractivity contribution in [1.82, 2.24) is 0 Å². The van der Waals surface area contributed by atoms with Gasteiger partial charge in [0, 0.05) is 5.69 Å². The quantitative estimate of drug-likeness (QED) is 0.303. The Hall–Kier alpha value is -0.955. The lowest BCUT2D eigenvalue weighted by atomic mass is 9.96. The lowest BCUT2D eigenvalue weighted by Gasteiger charge is -1.98. The van der Waals surface area contributed by atoms with Gasteiger partial charge >= 0.3 is 0 Å². The summed E-state index contributed by atoms with van der Waals surface area (Å²) in [6, 6.07) is 7.25. The number of nitrogens with one attached hydrogen (secondary N) is 1. The minimum atomic E-state index is 0.713. The predicted octanol–water partition coefficient (Wildman–Crippen LogP) is -0.234. The highest BCUT2D eigenvalue weighted by molar-refractivity contribution is 6.32. The van der Waals surface area contributed by atoms with Crippen LogP contribution in [0.25, 0.3) is 0 Å². The average Bonchev–Trinajstić information content (AvgIpc) is 1.88. The Bertz CT molecular complexity index is 200. The van der Waals surface area contributed by atoms with Crippen LogP contribution in [0.5, 0.6) is 0 Å². The van der Waals surface area contributed by atoms with Crippen LogP contribution >= 0.6 is 0 Å². The standard InChI is InChI=1S/C6H7BN2/c7-5-2-1-3-6(4-5)9-8/h1-4,9H,8H2. The van der Waals surface area contributed by atoms with Gasteiger partial charge in [-0.25, -0.2) is 0 Å². The van der Waals surface area contributed by atoms with E-state index < -0.39 is 0 Å². The van der Waals surface area contributed by atoms with Gasteiger partial charge in [-0.2, -0.15) is 0 Å². The first-order valence-corrected chi connectivity index (χ1v) is 2.65. The zero-order valence-electron chi connectivity index (χ0n) is 4.96. The van der Waals surface area contributed by atoms with Crippen LogP contribution in [-0.4, -0.2) is 7.85 Å². The Morgan fingerprint density at radius 1 is 1.44 bits per heavy atom. The molecule has 3 N–H and O–H groups in total. The summed E-state index contributed by atoms with van der Waals surface area (Å²) in [5.74, 6) is 5.11. The fourth-order valence-electron chi connectivity index (χ4n) is 0.628. The lowest BCUT2D eigenvalue weighted by molar-refractivity contribution is 1.36. The summed E-state index contributed by atoms with van der Waals surface area (Å²) < 4.78 is 0. The maximum Gasteiger partial charge on any atom is 0.113 e. The molecule has 2 radical (unpaired) electrons. The molecule has 0 heterocycles. The molecule has 1 aromatic rings. The van der Waals surface area contributed by atoms with E-state index in [0.717, 1.165) is 5.69 Å². The molecule has 0 saturated heterocycles. The van der Waals surface area contributed by atoms with Gasteiger partial charge in [0.05, 0.1) is 0 Å². The molecule has 0 atom stereocenters. The second kappa shape index (κ2) is 2.55. The fraction of sp³-hybridized carbons (Fsp3) is 0. The number of nitrogen functional groups attached to an aromatic ring is 1. The smallest absolute Gasteiger partial charge is 0.113 e. The summed E-state index contributed by atoms with van der Waals surface area (Å²) in [5, 5.41) is 0. The first-order valence-electron chi connectivity index (χ1n) is 2.65. The Kier molecular flexibility index (Phi) is 1.75. The van der Waals surface area contributed by atoms with Gasteiger partial charge in [0.2, 0.25) is 0 Å². The predicted molar refractivity (Wildman–Crippen MR) is 39.6 cm³/mol.